The van der Waals surface area contributed by atoms with Crippen molar-refractivity contribution in [1.29, 1.82) is 0 Å². The van der Waals surface area contributed by atoms with Crippen molar-refractivity contribution < 1.29 is 0 Å². The van der Waals surface area contributed by atoms with E-state index in [4.69, 9.17) is 10.7 Å². The molecule has 0 fully saturated rings. The zero-order chi connectivity index (χ0) is 17.5. The fraction of sp³-hybridized carbons (Fsp3) is 0.136. The van der Waals surface area contributed by atoms with Crippen molar-refractivity contribution in [3.05, 3.63) is 72.2 Å². The van der Waals surface area contributed by atoms with Crippen LogP contribution in [0.1, 0.15) is 17.5 Å². The van der Waals surface area contributed by atoms with Crippen molar-refractivity contribution in [3.8, 4) is 22.4 Å². The van der Waals surface area contributed by atoms with Gasteiger partial charge < -0.3 is 5.73 Å². The summed E-state index contributed by atoms with van der Waals surface area (Å²) in [6.45, 7) is 0. The minimum atomic E-state index is 0.500. The zero-order valence-electron chi connectivity index (χ0n) is 14.3. The van der Waals surface area contributed by atoms with E-state index in [-0.39, 0.29) is 0 Å². The molecule has 0 saturated carbocycles. The summed E-state index contributed by atoms with van der Waals surface area (Å²) < 4.78 is 0. The molecule has 4 aromatic rings. The Morgan fingerprint density at radius 1 is 0.808 bits per heavy atom. The van der Waals surface area contributed by atoms with Crippen molar-refractivity contribution in [2.75, 3.05) is 5.73 Å². The summed E-state index contributed by atoms with van der Waals surface area (Å²) in [7, 11) is 0. The van der Waals surface area contributed by atoms with Gasteiger partial charge >= 0.3 is 0 Å². The van der Waals surface area contributed by atoms with Crippen LogP contribution in [0.3, 0.4) is 0 Å². The zero-order valence-corrected chi connectivity index (χ0v) is 14.3. The van der Waals surface area contributed by atoms with Crippen LogP contribution in [-0.2, 0) is 12.8 Å². The van der Waals surface area contributed by atoms with Gasteiger partial charge in [-0.1, -0.05) is 24.3 Å². The Hall–Kier alpha value is -3.27. The molecule has 0 radical (unpaired) electrons. The molecule has 2 aromatic heterocycles. The van der Waals surface area contributed by atoms with Gasteiger partial charge in [-0.15, -0.1) is 0 Å². The molecule has 1 aliphatic carbocycles. The van der Waals surface area contributed by atoms with Crippen LogP contribution in [0.2, 0.25) is 0 Å². The molecule has 2 aromatic carbocycles. The van der Waals surface area contributed by atoms with E-state index in [1.807, 2.05) is 18.3 Å². The number of rotatable bonds is 2. The molecule has 5 rings (SSSR count). The van der Waals surface area contributed by atoms with Crippen LogP contribution in [0.5, 0.6) is 0 Å². The Bertz CT molecular complexity index is 1130. The molecule has 0 amide bonds. The van der Waals surface area contributed by atoms with Crippen LogP contribution in [0.15, 0.2) is 61.1 Å². The van der Waals surface area contributed by atoms with E-state index < -0.39 is 0 Å². The number of aryl methyl sites for hydroxylation is 2. The minimum Gasteiger partial charge on any atom is -0.383 e. The predicted molar refractivity (Wildman–Crippen MR) is 105 cm³/mol. The highest BCUT2D eigenvalue weighted by atomic mass is 14.9. The first-order valence-electron chi connectivity index (χ1n) is 8.87. The molecule has 2 N–H and O–H groups in total. The quantitative estimate of drug-likeness (QED) is 0.587. The van der Waals surface area contributed by atoms with Crippen molar-refractivity contribution in [3.63, 3.8) is 0 Å². The number of anilines is 1. The Labute approximate surface area is 151 Å². The Morgan fingerprint density at radius 2 is 1.69 bits per heavy atom. The summed E-state index contributed by atoms with van der Waals surface area (Å²) in [5.41, 5.74) is 14.2. The van der Waals surface area contributed by atoms with E-state index in [1.165, 1.54) is 35.9 Å². The minimum absolute atomic E-state index is 0.500. The maximum absolute atomic E-state index is 6.05. The standard InChI is InChI=1S/C22H18N4/c23-22-19-12-16(8-9-20(19)25-13-26-22)18-5-2-10-24-21(18)17-7-6-14-3-1-4-15(14)11-17/h2,5-13H,1,3-4H2,(H2,23,25,26). The van der Waals surface area contributed by atoms with Crippen LogP contribution in [0, 0.1) is 0 Å². The number of fused-ring (bicyclic) bond motifs is 2. The van der Waals surface area contributed by atoms with Crippen LogP contribution >= 0.6 is 0 Å². The number of aromatic nitrogens is 3. The van der Waals surface area contributed by atoms with Gasteiger partial charge in [-0.25, -0.2) is 9.97 Å². The second kappa shape index (κ2) is 5.92. The molecule has 0 atom stereocenters. The molecular formula is C22H18N4. The van der Waals surface area contributed by atoms with Crippen LogP contribution in [0.4, 0.5) is 5.82 Å². The molecule has 2 heterocycles. The van der Waals surface area contributed by atoms with E-state index in [1.54, 1.807) is 0 Å². The SMILES string of the molecule is Nc1ncnc2ccc(-c3cccnc3-c3ccc4c(c3)CCC4)cc12. The summed E-state index contributed by atoms with van der Waals surface area (Å²) in [5, 5.41) is 0.869. The van der Waals surface area contributed by atoms with Gasteiger partial charge in [0, 0.05) is 22.7 Å². The summed E-state index contributed by atoms with van der Waals surface area (Å²) >= 11 is 0. The third-order valence-corrected chi connectivity index (χ3v) is 5.16. The van der Waals surface area contributed by atoms with E-state index in [0.717, 1.165) is 34.1 Å². The number of nitrogens with zero attached hydrogens (tertiary/aromatic N) is 3. The second-order valence-corrected chi connectivity index (χ2v) is 6.73. The van der Waals surface area contributed by atoms with Crippen LogP contribution in [-0.4, -0.2) is 15.0 Å². The maximum Gasteiger partial charge on any atom is 0.134 e. The number of hydrogen-bond donors (Lipinski definition) is 1. The maximum atomic E-state index is 6.05. The highest BCUT2D eigenvalue weighted by Gasteiger charge is 2.15. The Morgan fingerprint density at radius 3 is 2.65 bits per heavy atom. The molecule has 0 unspecified atom stereocenters. The normalized spacial score (nSPS) is 13.1. The lowest BCUT2D eigenvalue weighted by atomic mass is 9.96. The van der Waals surface area contributed by atoms with Crippen molar-refractivity contribution in [2.24, 2.45) is 0 Å². The van der Waals surface area contributed by atoms with Gasteiger partial charge in [0.2, 0.25) is 0 Å². The number of nitrogen functional groups attached to an aromatic ring is 1. The van der Waals surface area contributed by atoms with Crippen molar-refractivity contribution in [2.45, 2.75) is 19.3 Å². The monoisotopic (exact) mass is 338 g/mol. The van der Waals surface area contributed by atoms with E-state index in [2.05, 4.69) is 46.4 Å². The van der Waals surface area contributed by atoms with Gasteiger partial charge in [-0.3, -0.25) is 4.98 Å². The molecule has 0 bridgehead atoms. The lowest BCUT2D eigenvalue weighted by Crippen LogP contribution is -1.94. The van der Waals surface area contributed by atoms with Gasteiger partial charge in [0.05, 0.1) is 11.2 Å². The predicted octanol–water partition coefficient (Wildman–Crippen LogP) is 4.43. The topological polar surface area (TPSA) is 64.7 Å². The third-order valence-electron chi connectivity index (χ3n) is 5.16. The molecular weight excluding hydrogens is 320 g/mol. The molecule has 4 heteroatoms. The van der Waals surface area contributed by atoms with Gasteiger partial charge in [-0.05, 0) is 60.2 Å². The average Bonchev–Trinajstić information content (AvgIpc) is 3.16. The van der Waals surface area contributed by atoms with E-state index in [9.17, 15) is 0 Å². The number of pyridine rings is 1. The first-order valence-corrected chi connectivity index (χ1v) is 8.87. The van der Waals surface area contributed by atoms with E-state index in [0.29, 0.717) is 5.82 Å². The average molecular weight is 338 g/mol. The number of hydrogen-bond acceptors (Lipinski definition) is 4. The Kier molecular flexibility index (Phi) is 3.42. The molecule has 0 spiro atoms. The first-order chi connectivity index (χ1) is 12.8. The van der Waals surface area contributed by atoms with Crippen LogP contribution in [0.25, 0.3) is 33.3 Å². The lowest BCUT2D eigenvalue weighted by Gasteiger charge is -2.11. The lowest BCUT2D eigenvalue weighted by molar-refractivity contribution is 0.912. The number of nitrogens with two attached hydrogens (primary N) is 1. The van der Waals surface area contributed by atoms with E-state index >= 15 is 0 Å². The summed E-state index contributed by atoms with van der Waals surface area (Å²) in [4.78, 5) is 13.1. The molecule has 1 aliphatic rings. The molecule has 0 saturated heterocycles. The number of benzene rings is 2. The van der Waals surface area contributed by atoms with Crippen molar-refractivity contribution in [1.82, 2.24) is 15.0 Å². The first kappa shape index (κ1) is 15.0. The summed E-state index contributed by atoms with van der Waals surface area (Å²) in [5.74, 6) is 0.500. The van der Waals surface area contributed by atoms with Gasteiger partial charge in [0.25, 0.3) is 0 Å². The molecule has 0 aliphatic heterocycles. The molecule has 126 valence electrons. The Balaban J connectivity index is 1.68. The fourth-order valence-corrected chi connectivity index (χ4v) is 3.83. The molecule has 4 nitrogen and oxygen atoms in total. The summed E-state index contributed by atoms with van der Waals surface area (Å²) in [6.07, 6.45) is 6.95. The van der Waals surface area contributed by atoms with Crippen molar-refractivity contribution >= 4 is 16.7 Å². The van der Waals surface area contributed by atoms with Gasteiger partial charge in [0.15, 0.2) is 0 Å². The summed E-state index contributed by atoms with van der Waals surface area (Å²) in [6, 6.07) is 16.9. The highest BCUT2D eigenvalue weighted by Crippen LogP contribution is 2.34. The second-order valence-electron chi connectivity index (χ2n) is 6.73. The largest absolute Gasteiger partial charge is 0.383 e. The fourth-order valence-electron chi connectivity index (χ4n) is 3.83. The molecule has 26 heavy (non-hydrogen) atoms. The smallest absolute Gasteiger partial charge is 0.134 e. The van der Waals surface area contributed by atoms with Crippen LogP contribution < -0.4 is 5.73 Å². The highest BCUT2D eigenvalue weighted by molar-refractivity contribution is 5.93. The van der Waals surface area contributed by atoms with Gasteiger partial charge in [-0.2, -0.15) is 0 Å². The van der Waals surface area contributed by atoms with Gasteiger partial charge in [0.1, 0.15) is 12.1 Å². The third kappa shape index (κ3) is 2.42.